The van der Waals surface area contributed by atoms with Crippen molar-refractivity contribution in [2.45, 2.75) is 38.9 Å². The van der Waals surface area contributed by atoms with Crippen LogP contribution in [0.3, 0.4) is 0 Å². The van der Waals surface area contributed by atoms with Gasteiger partial charge in [0.1, 0.15) is 11.1 Å². The maximum atomic E-state index is 13.2. The Morgan fingerprint density at radius 3 is 2.57 bits per heavy atom. The van der Waals surface area contributed by atoms with Crippen molar-refractivity contribution in [1.82, 2.24) is 9.88 Å². The van der Waals surface area contributed by atoms with Gasteiger partial charge >= 0.3 is 6.18 Å². The van der Waals surface area contributed by atoms with Crippen LogP contribution in [0.4, 0.5) is 13.2 Å². The third-order valence-corrected chi connectivity index (χ3v) is 3.82. The number of halogens is 3. The Morgan fingerprint density at radius 2 is 1.90 bits per heavy atom. The minimum atomic E-state index is -4.43. The van der Waals surface area contributed by atoms with Crippen molar-refractivity contribution < 1.29 is 17.6 Å². The molecule has 1 aromatic carbocycles. The molecule has 0 saturated carbocycles. The van der Waals surface area contributed by atoms with Gasteiger partial charge in [0.2, 0.25) is 0 Å². The molecule has 0 unspecified atom stereocenters. The smallest absolute Gasteiger partial charge is 0.420 e. The van der Waals surface area contributed by atoms with E-state index in [1.165, 1.54) is 12.5 Å². The zero-order chi connectivity index (χ0) is 15.0. The Hall–Kier alpha value is -1.56. The first-order valence-electron chi connectivity index (χ1n) is 7.13. The van der Waals surface area contributed by atoms with Gasteiger partial charge < -0.3 is 4.42 Å². The predicted molar refractivity (Wildman–Crippen MR) is 72.9 cm³/mol. The number of hydrogen-bond acceptors (Lipinski definition) is 3. The van der Waals surface area contributed by atoms with E-state index in [-0.39, 0.29) is 17.0 Å². The molecule has 114 valence electrons. The Morgan fingerprint density at radius 1 is 1.19 bits per heavy atom. The minimum Gasteiger partial charge on any atom is -0.440 e. The van der Waals surface area contributed by atoms with Crippen molar-refractivity contribution >= 4 is 11.1 Å². The third-order valence-electron chi connectivity index (χ3n) is 3.82. The number of aromatic nitrogens is 1. The normalized spacial score (nSPS) is 17.5. The number of alkyl halides is 3. The van der Waals surface area contributed by atoms with Gasteiger partial charge in [0.25, 0.3) is 0 Å². The van der Waals surface area contributed by atoms with E-state index in [9.17, 15) is 13.2 Å². The molecule has 0 N–H and O–H groups in total. The molecule has 2 aromatic rings. The molecule has 3 nitrogen and oxygen atoms in total. The second-order valence-corrected chi connectivity index (χ2v) is 5.56. The van der Waals surface area contributed by atoms with Gasteiger partial charge in [-0.15, -0.1) is 0 Å². The molecule has 1 fully saturated rings. The topological polar surface area (TPSA) is 29.3 Å². The number of piperidine rings is 1. The van der Waals surface area contributed by atoms with E-state index in [0.717, 1.165) is 25.9 Å². The first-order chi connectivity index (χ1) is 9.93. The van der Waals surface area contributed by atoms with E-state index < -0.39 is 11.7 Å². The summed E-state index contributed by atoms with van der Waals surface area (Å²) in [6, 6.07) is 2.90. The van der Waals surface area contributed by atoms with Crippen LogP contribution >= 0.6 is 0 Å². The van der Waals surface area contributed by atoms with Crippen LogP contribution in [0.25, 0.3) is 11.1 Å². The van der Waals surface area contributed by atoms with Crippen molar-refractivity contribution in [1.29, 1.82) is 0 Å². The number of nitrogens with zero attached hydrogens (tertiary/aromatic N) is 2. The summed E-state index contributed by atoms with van der Waals surface area (Å²) in [4.78, 5) is 6.25. The van der Waals surface area contributed by atoms with Crippen LogP contribution in [0.2, 0.25) is 0 Å². The van der Waals surface area contributed by atoms with Crippen LogP contribution in [-0.4, -0.2) is 23.0 Å². The van der Waals surface area contributed by atoms with E-state index >= 15 is 0 Å². The van der Waals surface area contributed by atoms with E-state index in [4.69, 9.17) is 4.42 Å². The molecular formula is C15H17F3N2O. The minimum absolute atomic E-state index is 0.164. The molecule has 0 amide bonds. The van der Waals surface area contributed by atoms with Crippen LogP contribution in [0.15, 0.2) is 16.5 Å². The number of oxazole rings is 1. The highest BCUT2D eigenvalue weighted by Gasteiger charge is 2.35. The van der Waals surface area contributed by atoms with Gasteiger partial charge in [-0.3, -0.25) is 4.90 Å². The van der Waals surface area contributed by atoms with E-state index in [2.05, 4.69) is 9.88 Å². The van der Waals surface area contributed by atoms with Gasteiger partial charge in [-0.25, -0.2) is 4.98 Å². The fraction of sp³-hybridized carbons (Fsp3) is 0.533. The van der Waals surface area contributed by atoms with Crippen molar-refractivity contribution in [3.05, 3.63) is 29.2 Å². The van der Waals surface area contributed by atoms with Gasteiger partial charge in [-0.2, -0.15) is 13.2 Å². The van der Waals surface area contributed by atoms with Crippen molar-refractivity contribution in [2.24, 2.45) is 0 Å². The van der Waals surface area contributed by atoms with Crippen molar-refractivity contribution in [2.75, 3.05) is 13.1 Å². The lowest BCUT2D eigenvalue weighted by atomic mass is 10.1. The molecule has 0 aliphatic carbocycles. The molecule has 0 radical (unpaired) electrons. The zero-order valence-electron chi connectivity index (χ0n) is 11.8. The summed E-state index contributed by atoms with van der Waals surface area (Å²) in [6.07, 6.45) is -1.01. The van der Waals surface area contributed by atoms with Gasteiger partial charge in [0, 0.05) is 13.5 Å². The monoisotopic (exact) mass is 298 g/mol. The molecule has 2 heterocycles. The fourth-order valence-electron chi connectivity index (χ4n) is 2.88. The number of hydrogen-bond donors (Lipinski definition) is 0. The summed E-state index contributed by atoms with van der Waals surface area (Å²) in [5, 5.41) is 0. The SMILES string of the molecule is Cc1nc2cc(CN3CCCCC3)cc(C(F)(F)F)c2o1. The third kappa shape index (κ3) is 3.05. The highest BCUT2D eigenvalue weighted by molar-refractivity contribution is 5.78. The number of aryl methyl sites for hydroxylation is 1. The van der Waals surface area contributed by atoms with Crippen molar-refractivity contribution in [3.63, 3.8) is 0 Å². The summed E-state index contributed by atoms with van der Waals surface area (Å²) in [6.45, 7) is 3.98. The van der Waals surface area contributed by atoms with Crippen LogP contribution < -0.4 is 0 Å². The molecule has 0 spiro atoms. The summed E-state index contributed by atoms with van der Waals surface area (Å²) >= 11 is 0. The standard InChI is InChI=1S/C15H17F3N2O/c1-10-19-13-8-11(9-20-5-3-2-4-6-20)7-12(14(13)21-10)15(16,17)18/h7-8H,2-6,9H2,1H3. The Balaban J connectivity index is 1.99. The largest absolute Gasteiger partial charge is 0.440 e. The van der Waals surface area contributed by atoms with E-state index in [1.807, 2.05) is 0 Å². The maximum Gasteiger partial charge on any atom is 0.420 e. The first kappa shape index (κ1) is 14.4. The fourth-order valence-corrected chi connectivity index (χ4v) is 2.88. The summed E-state index contributed by atoms with van der Waals surface area (Å²) < 4.78 is 44.7. The second kappa shape index (κ2) is 5.33. The molecule has 3 rings (SSSR count). The van der Waals surface area contributed by atoms with E-state index in [1.54, 1.807) is 13.0 Å². The average molecular weight is 298 g/mol. The highest BCUT2D eigenvalue weighted by Crippen LogP contribution is 2.36. The van der Waals surface area contributed by atoms with Crippen LogP contribution in [0, 0.1) is 6.92 Å². The molecule has 0 atom stereocenters. The molecule has 6 heteroatoms. The number of likely N-dealkylation sites (tertiary alicyclic amines) is 1. The summed E-state index contributed by atoms with van der Waals surface area (Å²) in [5.74, 6) is 0.255. The molecule has 0 bridgehead atoms. The molecule has 1 aliphatic heterocycles. The number of benzene rings is 1. The molecule has 21 heavy (non-hydrogen) atoms. The van der Waals surface area contributed by atoms with Crippen LogP contribution in [0.1, 0.15) is 36.3 Å². The van der Waals surface area contributed by atoms with Crippen LogP contribution in [-0.2, 0) is 12.7 Å². The Bertz CT molecular complexity index is 642. The van der Waals surface area contributed by atoms with Gasteiger partial charge in [-0.1, -0.05) is 6.42 Å². The molecular weight excluding hydrogens is 281 g/mol. The first-order valence-corrected chi connectivity index (χ1v) is 7.13. The molecule has 1 aromatic heterocycles. The Labute approximate surface area is 120 Å². The van der Waals surface area contributed by atoms with Gasteiger partial charge in [-0.05, 0) is 43.6 Å². The van der Waals surface area contributed by atoms with Crippen molar-refractivity contribution in [3.8, 4) is 0 Å². The number of fused-ring (bicyclic) bond motifs is 1. The summed E-state index contributed by atoms with van der Waals surface area (Å²) in [5.41, 5.74) is 0.0364. The van der Waals surface area contributed by atoms with Gasteiger partial charge in [0.15, 0.2) is 11.5 Å². The lowest BCUT2D eigenvalue weighted by Crippen LogP contribution is -2.29. The lowest BCUT2D eigenvalue weighted by molar-refractivity contribution is -0.136. The van der Waals surface area contributed by atoms with E-state index in [0.29, 0.717) is 12.1 Å². The predicted octanol–water partition coefficient (Wildman–Crippen LogP) is 4.14. The van der Waals surface area contributed by atoms with Gasteiger partial charge in [0.05, 0.1) is 0 Å². The Kier molecular flexibility index (Phi) is 3.65. The average Bonchev–Trinajstić information content (AvgIpc) is 2.78. The summed E-state index contributed by atoms with van der Waals surface area (Å²) in [7, 11) is 0. The second-order valence-electron chi connectivity index (χ2n) is 5.56. The molecule has 1 aliphatic rings. The quantitative estimate of drug-likeness (QED) is 0.834. The van der Waals surface area contributed by atoms with Crippen LogP contribution in [0.5, 0.6) is 0 Å². The maximum absolute atomic E-state index is 13.2. The molecule has 1 saturated heterocycles. The highest BCUT2D eigenvalue weighted by atomic mass is 19.4. The number of rotatable bonds is 2. The zero-order valence-corrected chi connectivity index (χ0v) is 11.8. The lowest BCUT2D eigenvalue weighted by Gasteiger charge is -2.26.